The van der Waals surface area contributed by atoms with Crippen LogP contribution in [0.3, 0.4) is 0 Å². The van der Waals surface area contributed by atoms with Crippen molar-refractivity contribution in [2.75, 3.05) is 13.1 Å². The van der Waals surface area contributed by atoms with E-state index >= 15 is 0 Å². The summed E-state index contributed by atoms with van der Waals surface area (Å²) in [5.41, 5.74) is 2.68. The Morgan fingerprint density at radius 3 is 1.54 bits per heavy atom. The zero-order chi connectivity index (χ0) is 10.5. The van der Waals surface area contributed by atoms with Gasteiger partial charge in [-0.05, 0) is 38.8 Å². The SMILES string of the molecule is [CH2-][N+]([CH2-])(C/C(C)=C\C)C/C(C)=C\C. The maximum Gasteiger partial charge on any atom is 0.0527 e. The molecule has 1 nitrogen and oxygen atoms in total. The Labute approximate surface area is 83.3 Å². The molecule has 0 saturated heterocycles. The Kier molecular flexibility index (Phi) is 5.01. The molecule has 0 aliphatic carbocycles. The number of hydrogen-bond donors (Lipinski definition) is 0. The van der Waals surface area contributed by atoms with Crippen molar-refractivity contribution in [1.29, 1.82) is 0 Å². The number of nitrogens with zero attached hydrogens (tertiary/aromatic N) is 1. The fraction of sp³-hybridized carbons (Fsp3) is 0.500. The lowest BCUT2D eigenvalue weighted by Gasteiger charge is -2.47. The molecule has 1 heteroatoms. The van der Waals surface area contributed by atoms with Crippen LogP contribution in [0.15, 0.2) is 23.3 Å². The first-order valence-corrected chi connectivity index (χ1v) is 4.70. The lowest BCUT2D eigenvalue weighted by molar-refractivity contribution is -0.830. The van der Waals surface area contributed by atoms with Crippen molar-refractivity contribution in [2.45, 2.75) is 27.7 Å². The van der Waals surface area contributed by atoms with Gasteiger partial charge in [0.2, 0.25) is 0 Å². The highest BCUT2D eigenvalue weighted by Crippen LogP contribution is 2.11. The van der Waals surface area contributed by atoms with Crippen LogP contribution in [0, 0.1) is 14.1 Å². The van der Waals surface area contributed by atoms with E-state index in [1.54, 1.807) is 0 Å². The standard InChI is InChI=1S/C12H22N/c1-7-11(3)9-13(5,6)10-12(4)8-2/h7-8H,5-6,9-10H2,1-4H3/q-1/b11-7-,12-8-. The molecule has 0 spiro atoms. The van der Waals surface area contributed by atoms with Crippen LogP contribution >= 0.6 is 0 Å². The Balaban J connectivity index is 4.24. The Morgan fingerprint density at radius 1 is 1.00 bits per heavy atom. The van der Waals surface area contributed by atoms with Gasteiger partial charge in [0.05, 0.1) is 13.1 Å². The molecule has 0 heterocycles. The van der Waals surface area contributed by atoms with Crippen molar-refractivity contribution >= 4 is 0 Å². The molecule has 0 radical (unpaired) electrons. The minimum Gasteiger partial charge on any atom is -0.588 e. The molecule has 0 aromatic carbocycles. The minimum absolute atomic E-state index is 0.548. The Bertz CT molecular complexity index is 187. The summed E-state index contributed by atoms with van der Waals surface area (Å²) in [4.78, 5) is 0. The number of quaternary nitrogens is 1. The van der Waals surface area contributed by atoms with E-state index in [0.717, 1.165) is 13.1 Å². The second kappa shape index (κ2) is 5.23. The van der Waals surface area contributed by atoms with Gasteiger partial charge in [0.25, 0.3) is 0 Å². The van der Waals surface area contributed by atoms with E-state index in [0.29, 0.717) is 4.48 Å². The molecule has 0 aliphatic rings. The van der Waals surface area contributed by atoms with Gasteiger partial charge >= 0.3 is 0 Å². The first-order valence-electron chi connectivity index (χ1n) is 4.70. The Morgan fingerprint density at radius 2 is 1.31 bits per heavy atom. The molecule has 76 valence electrons. The normalized spacial score (nSPS) is 14.9. The van der Waals surface area contributed by atoms with E-state index in [-0.39, 0.29) is 0 Å². The van der Waals surface area contributed by atoms with Gasteiger partial charge in [-0.15, -0.1) is 0 Å². The van der Waals surface area contributed by atoms with Crippen molar-refractivity contribution < 1.29 is 4.48 Å². The first-order chi connectivity index (χ1) is 5.91. The van der Waals surface area contributed by atoms with Gasteiger partial charge in [-0.2, -0.15) is 14.1 Å². The van der Waals surface area contributed by atoms with E-state index < -0.39 is 0 Å². The summed E-state index contributed by atoms with van der Waals surface area (Å²) in [6, 6.07) is 0. The van der Waals surface area contributed by atoms with Crippen molar-refractivity contribution in [3.8, 4) is 0 Å². The average Bonchev–Trinajstić information content (AvgIpc) is 2.02. The topological polar surface area (TPSA) is 0 Å². The van der Waals surface area contributed by atoms with Gasteiger partial charge in [-0.1, -0.05) is 12.2 Å². The van der Waals surface area contributed by atoms with E-state index in [1.807, 2.05) is 0 Å². The molecule has 0 fully saturated rings. The molecular weight excluding hydrogens is 158 g/mol. The summed E-state index contributed by atoms with van der Waals surface area (Å²) in [7, 11) is 8.18. The van der Waals surface area contributed by atoms with E-state index in [9.17, 15) is 0 Å². The Hall–Kier alpha value is -0.560. The highest BCUT2D eigenvalue weighted by Gasteiger charge is 2.03. The molecule has 0 bridgehead atoms. The van der Waals surface area contributed by atoms with Gasteiger partial charge in [0.15, 0.2) is 0 Å². The van der Waals surface area contributed by atoms with Crippen LogP contribution in [-0.2, 0) is 0 Å². The molecule has 0 aromatic heterocycles. The third-order valence-electron chi connectivity index (χ3n) is 2.16. The second-order valence-electron chi connectivity index (χ2n) is 3.93. The summed E-state index contributed by atoms with van der Waals surface area (Å²) < 4.78 is 0.548. The van der Waals surface area contributed by atoms with E-state index in [2.05, 4.69) is 53.9 Å². The average molecular weight is 180 g/mol. The summed E-state index contributed by atoms with van der Waals surface area (Å²) in [6.07, 6.45) is 4.24. The van der Waals surface area contributed by atoms with Crippen LogP contribution < -0.4 is 0 Å². The van der Waals surface area contributed by atoms with Crippen LogP contribution in [-0.4, -0.2) is 17.6 Å². The third kappa shape index (κ3) is 5.64. The fourth-order valence-corrected chi connectivity index (χ4v) is 1.30. The second-order valence-corrected chi connectivity index (χ2v) is 3.93. The van der Waals surface area contributed by atoms with Crippen LogP contribution in [0.2, 0.25) is 0 Å². The molecule has 0 aliphatic heterocycles. The minimum atomic E-state index is 0.548. The largest absolute Gasteiger partial charge is 0.588 e. The molecule has 0 atom stereocenters. The quantitative estimate of drug-likeness (QED) is 0.354. The molecule has 0 rings (SSSR count). The molecule has 13 heavy (non-hydrogen) atoms. The highest BCUT2D eigenvalue weighted by atomic mass is 15.3. The number of hydrogen-bond acceptors (Lipinski definition) is 0. The van der Waals surface area contributed by atoms with Gasteiger partial charge in [0.1, 0.15) is 0 Å². The van der Waals surface area contributed by atoms with Crippen molar-refractivity contribution in [2.24, 2.45) is 0 Å². The maximum atomic E-state index is 4.09. The van der Waals surface area contributed by atoms with Gasteiger partial charge in [0, 0.05) is 0 Å². The van der Waals surface area contributed by atoms with Gasteiger partial charge < -0.3 is 4.48 Å². The molecule has 0 N–H and O–H groups in total. The zero-order valence-electron chi connectivity index (χ0n) is 9.43. The first kappa shape index (κ1) is 12.4. The summed E-state index contributed by atoms with van der Waals surface area (Å²) in [5, 5.41) is 0. The van der Waals surface area contributed by atoms with E-state index in [4.69, 9.17) is 0 Å². The summed E-state index contributed by atoms with van der Waals surface area (Å²) in [6.45, 7) is 10.2. The van der Waals surface area contributed by atoms with Crippen LogP contribution in [0.4, 0.5) is 0 Å². The summed E-state index contributed by atoms with van der Waals surface area (Å²) in [5.74, 6) is 0. The highest BCUT2D eigenvalue weighted by molar-refractivity contribution is 4.99. The number of rotatable bonds is 4. The monoisotopic (exact) mass is 180 g/mol. The van der Waals surface area contributed by atoms with Crippen LogP contribution in [0.5, 0.6) is 0 Å². The van der Waals surface area contributed by atoms with Crippen LogP contribution in [0.25, 0.3) is 0 Å². The van der Waals surface area contributed by atoms with Gasteiger partial charge in [-0.3, -0.25) is 0 Å². The molecule has 0 amide bonds. The van der Waals surface area contributed by atoms with Crippen molar-refractivity contribution in [1.82, 2.24) is 0 Å². The predicted octanol–water partition coefficient (Wildman–Crippen LogP) is 3.32. The predicted molar refractivity (Wildman–Crippen MR) is 59.6 cm³/mol. The molecule has 0 aromatic rings. The smallest absolute Gasteiger partial charge is 0.0527 e. The third-order valence-corrected chi connectivity index (χ3v) is 2.16. The lowest BCUT2D eigenvalue weighted by Crippen LogP contribution is -2.37. The molecular formula is C12H22N-. The molecule has 0 saturated carbocycles. The number of allylic oxidation sites excluding steroid dienone is 2. The maximum absolute atomic E-state index is 4.09. The van der Waals surface area contributed by atoms with Crippen LogP contribution in [0.1, 0.15) is 27.7 Å². The lowest BCUT2D eigenvalue weighted by atomic mass is 10.2. The van der Waals surface area contributed by atoms with Crippen molar-refractivity contribution in [3.63, 3.8) is 0 Å². The van der Waals surface area contributed by atoms with E-state index in [1.165, 1.54) is 11.1 Å². The molecule has 0 unspecified atom stereocenters. The van der Waals surface area contributed by atoms with Crippen molar-refractivity contribution in [3.05, 3.63) is 37.4 Å². The zero-order valence-corrected chi connectivity index (χ0v) is 9.43. The van der Waals surface area contributed by atoms with Gasteiger partial charge in [-0.25, -0.2) is 0 Å². The fourth-order valence-electron chi connectivity index (χ4n) is 1.30. The summed E-state index contributed by atoms with van der Waals surface area (Å²) >= 11 is 0.